The van der Waals surface area contributed by atoms with Gasteiger partial charge in [-0.3, -0.25) is 19.3 Å². The molecule has 1 saturated heterocycles. The van der Waals surface area contributed by atoms with Crippen molar-refractivity contribution in [2.45, 2.75) is 27.4 Å². The van der Waals surface area contributed by atoms with Crippen molar-refractivity contribution in [3.8, 4) is 17.6 Å². The molecule has 0 radical (unpaired) electrons. The fraction of sp³-hybridized carbons (Fsp3) is 0.200. The Bertz CT molecular complexity index is 1560. The lowest BCUT2D eigenvalue weighted by molar-refractivity contribution is -0.127. The van der Waals surface area contributed by atoms with Crippen LogP contribution in [-0.2, 0) is 16.2 Å². The van der Waals surface area contributed by atoms with Gasteiger partial charge in [0.15, 0.2) is 11.5 Å². The molecule has 3 amide bonds. The van der Waals surface area contributed by atoms with Gasteiger partial charge in [0.05, 0.1) is 28.2 Å². The Morgan fingerprint density at radius 2 is 1.88 bits per heavy atom. The number of carbonyl (C=O) groups excluding carboxylic acids is 3. The number of benzene rings is 3. The predicted molar refractivity (Wildman–Crippen MR) is 155 cm³/mol. The molecule has 1 fully saturated rings. The summed E-state index contributed by atoms with van der Waals surface area (Å²) >= 11 is 7.28. The first-order valence-corrected chi connectivity index (χ1v) is 13.6. The van der Waals surface area contributed by atoms with Crippen molar-refractivity contribution < 1.29 is 23.9 Å². The number of amides is 3. The van der Waals surface area contributed by atoms with Gasteiger partial charge >= 0.3 is 0 Å². The Morgan fingerprint density at radius 3 is 2.60 bits per heavy atom. The highest BCUT2D eigenvalue weighted by Crippen LogP contribution is 2.39. The van der Waals surface area contributed by atoms with Crippen LogP contribution < -0.4 is 14.8 Å². The zero-order valence-corrected chi connectivity index (χ0v) is 23.7. The third-order valence-electron chi connectivity index (χ3n) is 6.11. The summed E-state index contributed by atoms with van der Waals surface area (Å²) in [6, 6.07) is 17.9. The summed E-state index contributed by atoms with van der Waals surface area (Å²) in [5.74, 6) is -0.409. The summed E-state index contributed by atoms with van der Waals surface area (Å²) in [4.78, 5) is 39.2. The van der Waals surface area contributed by atoms with E-state index in [1.165, 1.54) is 6.08 Å². The molecule has 10 heteroatoms. The highest BCUT2D eigenvalue weighted by molar-refractivity contribution is 8.18. The number of imide groups is 1. The number of hydrogen-bond donors (Lipinski definition) is 1. The lowest BCUT2D eigenvalue weighted by Gasteiger charge is -2.15. The van der Waals surface area contributed by atoms with E-state index in [0.717, 1.165) is 27.8 Å². The van der Waals surface area contributed by atoms with Crippen molar-refractivity contribution in [3.63, 3.8) is 0 Å². The minimum absolute atomic E-state index is 0.103. The van der Waals surface area contributed by atoms with Crippen LogP contribution in [0.1, 0.15) is 34.7 Å². The van der Waals surface area contributed by atoms with Crippen LogP contribution in [0.25, 0.3) is 6.08 Å². The van der Waals surface area contributed by atoms with Gasteiger partial charge in [0.1, 0.15) is 13.2 Å². The van der Waals surface area contributed by atoms with E-state index >= 15 is 0 Å². The summed E-state index contributed by atoms with van der Waals surface area (Å²) in [6.45, 7) is 5.74. The molecule has 1 aliphatic rings. The van der Waals surface area contributed by atoms with E-state index in [1.807, 2.05) is 39.0 Å². The second-order valence-corrected chi connectivity index (χ2v) is 10.3. The molecular formula is C30H26ClN3O5S. The fourth-order valence-corrected chi connectivity index (χ4v) is 5.04. The van der Waals surface area contributed by atoms with E-state index in [9.17, 15) is 19.6 Å². The summed E-state index contributed by atoms with van der Waals surface area (Å²) < 4.78 is 11.7. The number of halogens is 1. The van der Waals surface area contributed by atoms with Gasteiger partial charge in [-0.2, -0.15) is 5.26 Å². The fourth-order valence-electron chi connectivity index (χ4n) is 3.93. The first kappa shape index (κ1) is 28.7. The number of hydrogen-bond acceptors (Lipinski definition) is 7. The van der Waals surface area contributed by atoms with Crippen LogP contribution in [0.2, 0.25) is 5.02 Å². The maximum absolute atomic E-state index is 13.0. The van der Waals surface area contributed by atoms with E-state index in [1.54, 1.807) is 36.4 Å². The van der Waals surface area contributed by atoms with E-state index in [-0.39, 0.29) is 16.5 Å². The van der Waals surface area contributed by atoms with Gasteiger partial charge in [-0.25, -0.2) is 0 Å². The smallest absolute Gasteiger partial charge is 0.294 e. The SMILES string of the molecule is CCOc1cc(/C=C2/SC(=O)N(CC(=O)Nc3ccc(C)c(C)c3)C2=O)cc(Cl)c1OCc1ccccc1C#N. The third-order valence-corrected chi connectivity index (χ3v) is 7.29. The minimum Gasteiger partial charge on any atom is -0.490 e. The molecule has 4 rings (SSSR count). The second-order valence-electron chi connectivity index (χ2n) is 8.94. The summed E-state index contributed by atoms with van der Waals surface area (Å²) in [7, 11) is 0. The lowest BCUT2D eigenvalue weighted by atomic mass is 10.1. The molecule has 40 heavy (non-hydrogen) atoms. The molecule has 1 heterocycles. The topological polar surface area (TPSA) is 109 Å². The molecule has 1 aliphatic heterocycles. The van der Waals surface area contributed by atoms with Crippen LogP contribution in [0.3, 0.4) is 0 Å². The molecule has 0 aromatic heterocycles. The molecule has 0 atom stereocenters. The Labute approximate surface area is 241 Å². The van der Waals surface area contributed by atoms with Gasteiger partial charge in [0, 0.05) is 11.3 Å². The van der Waals surface area contributed by atoms with E-state index in [0.29, 0.717) is 40.5 Å². The quantitative estimate of drug-likeness (QED) is 0.291. The van der Waals surface area contributed by atoms with Crippen molar-refractivity contribution in [1.29, 1.82) is 5.26 Å². The third kappa shape index (κ3) is 6.65. The Balaban J connectivity index is 1.50. The van der Waals surface area contributed by atoms with Gasteiger partial charge < -0.3 is 14.8 Å². The van der Waals surface area contributed by atoms with Crippen LogP contribution in [0.15, 0.2) is 59.5 Å². The van der Waals surface area contributed by atoms with Gasteiger partial charge in [-0.1, -0.05) is 35.9 Å². The van der Waals surface area contributed by atoms with Gasteiger partial charge in [-0.05, 0) is 85.6 Å². The van der Waals surface area contributed by atoms with Crippen molar-refractivity contribution in [3.05, 3.63) is 92.3 Å². The molecule has 1 N–H and O–H groups in total. The molecule has 204 valence electrons. The Hall–Kier alpha value is -4.26. The van der Waals surface area contributed by atoms with Crippen molar-refractivity contribution >= 4 is 52.2 Å². The van der Waals surface area contributed by atoms with Crippen LogP contribution in [-0.4, -0.2) is 35.1 Å². The second kappa shape index (κ2) is 12.7. The van der Waals surface area contributed by atoms with Crippen LogP contribution >= 0.6 is 23.4 Å². The summed E-state index contributed by atoms with van der Waals surface area (Å²) in [5.41, 5.74) is 4.40. The van der Waals surface area contributed by atoms with Crippen molar-refractivity contribution in [2.75, 3.05) is 18.5 Å². The number of thioether (sulfide) groups is 1. The number of ether oxygens (including phenoxy) is 2. The van der Waals surface area contributed by atoms with E-state index < -0.39 is 23.6 Å². The van der Waals surface area contributed by atoms with Crippen molar-refractivity contribution in [2.24, 2.45) is 0 Å². The molecule has 3 aromatic carbocycles. The highest BCUT2D eigenvalue weighted by atomic mass is 35.5. The number of rotatable bonds is 9. The lowest BCUT2D eigenvalue weighted by Crippen LogP contribution is -2.36. The average molecular weight is 576 g/mol. The maximum Gasteiger partial charge on any atom is 0.294 e. The monoisotopic (exact) mass is 575 g/mol. The number of anilines is 1. The largest absolute Gasteiger partial charge is 0.490 e. The summed E-state index contributed by atoms with van der Waals surface area (Å²) in [5, 5.41) is 11.8. The average Bonchev–Trinajstić information content (AvgIpc) is 3.17. The standard InChI is InChI=1S/C30H26ClN3O5S/c1-4-38-25-13-20(12-24(31)28(25)39-17-22-8-6-5-7-21(22)15-32)14-26-29(36)34(30(37)40-26)16-27(35)33-23-10-9-18(2)19(3)11-23/h5-14H,4,16-17H2,1-3H3,(H,33,35)/b26-14+. The Morgan fingerprint density at radius 1 is 1.10 bits per heavy atom. The van der Waals surface area contributed by atoms with Crippen LogP contribution in [0.5, 0.6) is 11.5 Å². The van der Waals surface area contributed by atoms with E-state index in [2.05, 4.69) is 11.4 Å². The zero-order chi connectivity index (χ0) is 28.8. The van der Waals surface area contributed by atoms with Gasteiger partial charge in [0.2, 0.25) is 5.91 Å². The van der Waals surface area contributed by atoms with Gasteiger partial charge in [-0.15, -0.1) is 0 Å². The van der Waals surface area contributed by atoms with Crippen LogP contribution in [0.4, 0.5) is 10.5 Å². The minimum atomic E-state index is -0.576. The number of nitriles is 1. The molecule has 0 unspecified atom stereocenters. The Kier molecular flexibility index (Phi) is 9.15. The molecule has 3 aromatic rings. The number of nitrogens with zero attached hydrogens (tertiary/aromatic N) is 2. The molecule has 0 aliphatic carbocycles. The molecule has 0 spiro atoms. The molecule has 8 nitrogen and oxygen atoms in total. The predicted octanol–water partition coefficient (Wildman–Crippen LogP) is 6.48. The normalized spacial score (nSPS) is 13.9. The van der Waals surface area contributed by atoms with Gasteiger partial charge in [0.25, 0.3) is 11.1 Å². The number of carbonyl (C=O) groups is 3. The molecule has 0 saturated carbocycles. The van der Waals surface area contributed by atoms with E-state index in [4.69, 9.17) is 21.1 Å². The molecule has 0 bridgehead atoms. The summed E-state index contributed by atoms with van der Waals surface area (Å²) in [6.07, 6.45) is 1.52. The first-order chi connectivity index (χ1) is 19.2. The van der Waals surface area contributed by atoms with Crippen LogP contribution in [0, 0.1) is 25.2 Å². The van der Waals surface area contributed by atoms with Crippen molar-refractivity contribution in [1.82, 2.24) is 4.90 Å². The maximum atomic E-state index is 13.0. The zero-order valence-electron chi connectivity index (χ0n) is 22.1. The molecular weight excluding hydrogens is 550 g/mol. The number of aryl methyl sites for hydroxylation is 2. The number of nitrogens with one attached hydrogen (secondary N) is 1. The first-order valence-electron chi connectivity index (χ1n) is 12.4. The highest BCUT2D eigenvalue weighted by Gasteiger charge is 2.36.